The molecule has 0 aromatic carbocycles. The zero-order valence-electron chi connectivity index (χ0n) is 11.2. The minimum atomic E-state index is -0.493. The second-order valence-corrected chi connectivity index (χ2v) is 5.29. The van der Waals surface area contributed by atoms with E-state index in [-0.39, 0.29) is 11.2 Å². The van der Waals surface area contributed by atoms with Gasteiger partial charge in [-0.2, -0.15) is 5.10 Å². The molecule has 0 unspecified atom stereocenters. The average molecular weight is 340 g/mol. The molecule has 2 amide bonds. The predicted octanol–water partition coefficient (Wildman–Crippen LogP) is 2.13. The Kier molecular flexibility index (Phi) is 3.93. The topological polar surface area (TPSA) is 91.8 Å². The summed E-state index contributed by atoms with van der Waals surface area (Å²) in [6.07, 6.45) is 1.62. The van der Waals surface area contributed by atoms with E-state index in [0.29, 0.717) is 15.9 Å². The maximum Gasteiger partial charge on any atom is 0.323 e. The molecule has 0 fully saturated rings. The van der Waals surface area contributed by atoms with Gasteiger partial charge >= 0.3 is 6.03 Å². The Balaban J connectivity index is 2.19. The molecule has 106 valence electrons. The van der Waals surface area contributed by atoms with Gasteiger partial charge in [0.1, 0.15) is 5.69 Å². The summed E-state index contributed by atoms with van der Waals surface area (Å²) in [7, 11) is 1.61. The van der Waals surface area contributed by atoms with E-state index in [0.717, 1.165) is 5.69 Å². The number of anilines is 2. The van der Waals surface area contributed by atoms with Gasteiger partial charge < -0.3 is 15.2 Å². The summed E-state index contributed by atoms with van der Waals surface area (Å²) < 4.78 is 2.08. The highest BCUT2D eigenvalue weighted by Crippen LogP contribution is 2.17. The normalized spacial score (nSPS) is 10.4. The van der Waals surface area contributed by atoms with E-state index in [1.54, 1.807) is 33.2 Å². The Morgan fingerprint density at radius 2 is 2.10 bits per heavy atom. The number of aromatic amines is 1. The van der Waals surface area contributed by atoms with Crippen LogP contribution >= 0.6 is 15.9 Å². The summed E-state index contributed by atoms with van der Waals surface area (Å²) in [5.41, 5.74) is 1.94. The number of hydrogen-bond donors (Lipinski definition) is 3. The van der Waals surface area contributed by atoms with Crippen molar-refractivity contribution >= 4 is 33.3 Å². The number of aryl methyl sites for hydroxylation is 3. The number of hydrogen-bond acceptors (Lipinski definition) is 3. The van der Waals surface area contributed by atoms with E-state index in [4.69, 9.17) is 0 Å². The first kappa shape index (κ1) is 14.3. The number of pyridine rings is 1. The number of nitrogens with zero attached hydrogens (tertiary/aromatic N) is 2. The van der Waals surface area contributed by atoms with E-state index in [1.807, 2.05) is 0 Å². The largest absolute Gasteiger partial charge is 0.323 e. The first-order valence-corrected chi connectivity index (χ1v) is 6.63. The summed E-state index contributed by atoms with van der Waals surface area (Å²) in [4.78, 5) is 23.8. The average Bonchev–Trinajstić information content (AvgIpc) is 2.67. The molecule has 0 saturated carbocycles. The molecule has 0 atom stereocenters. The highest BCUT2D eigenvalue weighted by atomic mass is 79.9. The van der Waals surface area contributed by atoms with E-state index in [9.17, 15) is 9.59 Å². The SMILES string of the molecule is Cc1n[nH]c(C)c1NC(=O)Nc1cc(Br)cn(C)c1=O. The van der Waals surface area contributed by atoms with Gasteiger partial charge in [0.05, 0.1) is 17.1 Å². The van der Waals surface area contributed by atoms with Gasteiger partial charge in [-0.25, -0.2) is 4.79 Å². The fourth-order valence-electron chi connectivity index (χ4n) is 1.76. The highest BCUT2D eigenvalue weighted by molar-refractivity contribution is 9.10. The zero-order chi connectivity index (χ0) is 14.9. The maximum absolute atomic E-state index is 11.9. The molecule has 0 aliphatic heterocycles. The third-order valence-electron chi connectivity index (χ3n) is 2.76. The molecule has 0 aliphatic carbocycles. The fourth-order valence-corrected chi connectivity index (χ4v) is 2.30. The number of urea groups is 1. The fraction of sp³-hybridized carbons (Fsp3) is 0.250. The predicted molar refractivity (Wildman–Crippen MR) is 80.1 cm³/mol. The molecule has 0 spiro atoms. The monoisotopic (exact) mass is 339 g/mol. The van der Waals surface area contributed by atoms with E-state index < -0.39 is 6.03 Å². The lowest BCUT2D eigenvalue weighted by Crippen LogP contribution is -2.27. The summed E-state index contributed by atoms with van der Waals surface area (Å²) in [5, 5.41) is 11.9. The number of carbonyl (C=O) groups excluding carboxylic acids is 1. The quantitative estimate of drug-likeness (QED) is 0.782. The molecule has 20 heavy (non-hydrogen) atoms. The van der Waals surface area contributed by atoms with Crippen molar-refractivity contribution in [3.63, 3.8) is 0 Å². The van der Waals surface area contributed by atoms with Gasteiger partial charge in [0, 0.05) is 17.7 Å². The van der Waals surface area contributed by atoms with Crippen LogP contribution in [-0.2, 0) is 7.05 Å². The Bertz CT molecular complexity index is 700. The van der Waals surface area contributed by atoms with Crippen LogP contribution in [0.4, 0.5) is 16.2 Å². The van der Waals surface area contributed by atoms with Crippen LogP contribution in [0.5, 0.6) is 0 Å². The number of nitrogens with one attached hydrogen (secondary N) is 3. The van der Waals surface area contributed by atoms with Gasteiger partial charge in [-0.3, -0.25) is 9.89 Å². The van der Waals surface area contributed by atoms with Crippen molar-refractivity contribution in [1.82, 2.24) is 14.8 Å². The van der Waals surface area contributed by atoms with Crippen molar-refractivity contribution in [1.29, 1.82) is 0 Å². The van der Waals surface area contributed by atoms with Crippen LogP contribution in [0.15, 0.2) is 21.5 Å². The van der Waals surface area contributed by atoms with Crippen molar-refractivity contribution in [2.45, 2.75) is 13.8 Å². The highest BCUT2D eigenvalue weighted by Gasteiger charge is 2.12. The van der Waals surface area contributed by atoms with Gasteiger partial charge in [-0.05, 0) is 35.8 Å². The molecular formula is C12H14BrN5O2. The molecule has 3 N–H and O–H groups in total. The van der Waals surface area contributed by atoms with Gasteiger partial charge in [0.25, 0.3) is 5.56 Å². The van der Waals surface area contributed by atoms with Crippen molar-refractivity contribution in [3.8, 4) is 0 Å². The van der Waals surface area contributed by atoms with Crippen molar-refractivity contribution in [3.05, 3.63) is 38.5 Å². The van der Waals surface area contributed by atoms with Crippen molar-refractivity contribution in [2.75, 3.05) is 10.6 Å². The van der Waals surface area contributed by atoms with Gasteiger partial charge in [0.2, 0.25) is 0 Å². The number of halogens is 1. The Morgan fingerprint density at radius 1 is 1.40 bits per heavy atom. The number of amides is 2. The van der Waals surface area contributed by atoms with Gasteiger partial charge in [-0.15, -0.1) is 0 Å². The van der Waals surface area contributed by atoms with Crippen LogP contribution in [0.1, 0.15) is 11.4 Å². The molecule has 2 heterocycles. The van der Waals surface area contributed by atoms with Crippen LogP contribution in [0.25, 0.3) is 0 Å². The van der Waals surface area contributed by atoms with Gasteiger partial charge in [-0.1, -0.05) is 0 Å². The molecule has 8 heteroatoms. The first-order chi connectivity index (χ1) is 9.38. The first-order valence-electron chi connectivity index (χ1n) is 5.84. The van der Waals surface area contributed by atoms with Crippen molar-refractivity contribution in [2.24, 2.45) is 7.05 Å². The van der Waals surface area contributed by atoms with E-state index in [1.165, 1.54) is 4.57 Å². The number of H-pyrrole nitrogens is 1. The molecular weight excluding hydrogens is 326 g/mol. The Morgan fingerprint density at radius 3 is 2.70 bits per heavy atom. The molecule has 2 aromatic rings. The number of aromatic nitrogens is 3. The molecule has 0 aliphatic rings. The molecule has 7 nitrogen and oxygen atoms in total. The number of carbonyl (C=O) groups is 1. The summed E-state index contributed by atoms with van der Waals surface area (Å²) in [6.45, 7) is 3.57. The van der Waals surface area contributed by atoms with E-state index >= 15 is 0 Å². The smallest absolute Gasteiger partial charge is 0.316 e. The zero-order valence-corrected chi connectivity index (χ0v) is 12.8. The van der Waals surface area contributed by atoms with Crippen LogP contribution in [0, 0.1) is 13.8 Å². The lowest BCUT2D eigenvalue weighted by molar-refractivity contribution is 0.262. The van der Waals surface area contributed by atoms with Gasteiger partial charge in [0.15, 0.2) is 0 Å². The molecule has 2 rings (SSSR count). The van der Waals surface area contributed by atoms with Crippen LogP contribution < -0.4 is 16.2 Å². The van der Waals surface area contributed by atoms with Crippen LogP contribution in [0.2, 0.25) is 0 Å². The summed E-state index contributed by atoms with van der Waals surface area (Å²) >= 11 is 3.27. The standard InChI is InChI=1S/C12H14BrN5O2/c1-6-10(7(2)17-16-6)15-12(20)14-9-4-8(13)5-18(3)11(9)19/h4-5H,1-3H3,(H,16,17)(H2,14,15,20). The minimum absolute atomic E-state index is 0.193. The van der Waals surface area contributed by atoms with Crippen LogP contribution in [0.3, 0.4) is 0 Å². The van der Waals surface area contributed by atoms with E-state index in [2.05, 4.69) is 36.8 Å². The number of rotatable bonds is 2. The molecule has 0 saturated heterocycles. The summed E-state index contributed by atoms with van der Waals surface area (Å²) in [6, 6.07) is 1.06. The molecule has 0 radical (unpaired) electrons. The Hall–Kier alpha value is -2.09. The summed E-state index contributed by atoms with van der Waals surface area (Å²) in [5.74, 6) is 0. The van der Waals surface area contributed by atoms with Crippen molar-refractivity contribution < 1.29 is 4.79 Å². The molecule has 0 bridgehead atoms. The Labute approximate surface area is 123 Å². The minimum Gasteiger partial charge on any atom is -0.316 e. The lowest BCUT2D eigenvalue weighted by atomic mass is 10.3. The maximum atomic E-state index is 11.9. The van der Waals surface area contributed by atoms with Crippen LogP contribution in [-0.4, -0.2) is 20.8 Å². The third kappa shape index (κ3) is 2.90. The second kappa shape index (κ2) is 5.49. The third-order valence-corrected chi connectivity index (χ3v) is 3.20. The molecule has 2 aromatic heterocycles. The second-order valence-electron chi connectivity index (χ2n) is 4.38. The lowest BCUT2D eigenvalue weighted by Gasteiger charge is -2.09.